The summed E-state index contributed by atoms with van der Waals surface area (Å²) in [7, 11) is 7.38. The zero-order chi connectivity index (χ0) is 32.0. The summed E-state index contributed by atoms with van der Waals surface area (Å²) < 4.78 is 30.2. The van der Waals surface area contributed by atoms with Gasteiger partial charge in [0.2, 0.25) is 0 Å². The summed E-state index contributed by atoms with van der Waals surface area (Å²) in [5, 5.41) is 0. The van der Waals surface area contributed by atoms with E-state index in [1.165, 1.54) is 42.7 Å². The van der Waals surface area contributed by atoms with Crippen molar-refractivity contribution < 1.29 is 57.2 Å². The van der Waals surface area contributed by atoms with Crippen LogP contribution in [0.15, 0.2) is 66.9 Å². The van der Waals surface area contributed by atoms with Crippen LogP contribution < -0.4 is 0 Å². The quantitative estimate of drug-likeness (QED) is 0.247. The van der Waals surface area contributed by atoms with Crippen LogP contribution in [-0.4, -0.2) is 78.5 Å². The van der Waals surface area contributed by atoms with Crippen LogP contribution in [0.2, 0.25) is 0 Å². The maximum absolute atomic E-state index is 12.9. The van der Waals surface area contributed by atoms with Gasteiger partial charge in [0.25, 0.3) is 0 Å². The van der Waals surface area contributed by atoms with Crippen molar-refractivity contribution in [2.24, 2.45) is 11.8 Å². The third kappa shape index (κ3) is 4.59. The molecule has 0 spiro atoms. The number of esters is 6. The molecule has 0 radical (unpaired) electrons. The molecule has 0 unspecified atom stereocenters. The molecule has 0 fully saturated rings. The second-order valence-corrected chi connectivity index (χ2v) is 10.9. The molecule has 0 aromatic rings. The van der Waals surface area contributed by atoms with Gasteiger partial charge in [-0.2, -0.15) is 0 Å². The zero-order valence-electron chi connectivity index (χ0n) is 25.3. The summed E-state index contributed by atoms with van der Waals surface area (Å²) in [5.74, 6) is -4.98. The average Bonchev–Trinajstić information content (AvgIpc) is 3.07. The van der Waals surface area contributed by atoms with Gasteiger partial charge in [0.05, 0.1) is 76.1 Å². The molecule has 0 N–H and O–H groups in total. The number of ether oxygens (including phenoxy) is 6. The highest BCUT2D eigenvalue weighted by atomic mass is 16.5. The summed E-state index contributed by atoms with van der Waals surface area (Å²) in [6.45, 7) is 0. The van der Waals surface area contributed by atoms with E-state index in [0.717, 1.165) is 33.4 Å². The lowest BCUT2D eigenvalue weighted by atomic mass is 9.52. The van der Waals surface area contributed by atoms with E-state index >= 15 is 0 Å². The van der Waals surface area contributed by atoms with Crippen LogP contribution >= 0.6 is 0 Å². The summed E-state index contributed by atoms with van der Waals surface area (Å²) in [4.78, 5) is 77.6. The third-order valence-corrected chi connectivity index (χ3v) is 9.22. The Balaban J connectivity index is 1.69. The Labute approximate surface area is 253 Å². The van der Waals surface area contributed by atoms with E-state index in [-0.39, 0.29) is 72.0 Å². The first-order valence-corrected chi connectivity index (χ1v) is 13.9. The van der Waals surface area contributed by atoms with Crippen molar-refractivity contribution in [1.82, 2.24) is 0 Å². The molecule has 12 heteroatoms. The molecule has 0 atom stereocenters. The van der Waals surface area contributed by atoms with Crippen molar-refractivity contribution in [3.63, 3.8) is 0 Å². The van der Waals surface area contributed by atoms with Crippen molar-refractivity contribution >= 4 is 35.8 Å². The Morgan fingerprint density at radius 3 is 0.591 bits per heavy atom. The van der Waals surface area contributed by atoms with Crippen molar-refractivity contribution in [1.29, 1.82) is 0 Å². The number of hydrogen-bond donors (Lipinski definition) is 0. The van der Waals surface area contributed by atoms with Gasteiger partial charge < -0.3 is 28.4 Å². The number of carbonyl (C=O) groups is 6. The molecule has 6 aliphatic rings. The maximum atomic E-state index is 12.9. The molecular weight excluding hydrogens is 576 g/mol. The van der Waals surface area contributed by atoms with Gasteiger partial charge in [0.1, 0.15) is 0 Å². The topological polar surface area (TPSA) is 158 Å². The van der Waals surface area contributed by atoms with E-state index in [2.05, 4.69) is 0 Å². The van der Waals surface area contributed by atoms with E-state index < -0.39 is 47.7 Å². The Kier molecular flexibility index (Phi) is 8.19. The lowest BCUT2D eigenvalue weighted by Gasteiger charge is -2.51. The van der Waals surface area contributed by atoms with Gasteiger partial charge >= 0.3 is 35.8 Å². The smallest absolute Gasteiger partial charge is 0.334 e. The molecule has 0 saturated carbocycles. The predicted molar refractivity (Wildman–Crippen MR) is 149 cm³/mol. The second kappa shape index (κ2) is 11.7. The van der Waals surface area contributed by atoms with E-state index in [1.54, 1.807) is 0 Å². The SMILES string of the molecule is COC(=O)C1=C(C(=O)OC)CC2=C(C1)C1C3=C(CC(C(=O)OC)=C(C(=O)OC)C3)C2C2=C1CC(C(=O)OC)=C(C(=O)OC)C2. The number of allylic oxidation sites excluding steroid dienone is 6. The standard InChI is InChI=1S/C32H32O12/c1-39-27(33)19-7-13-14(8-20(19)28(34)40-2)26-17-11-23(31(37)43-5)21(29(35)41-3)9-15(17)25(13)16-10-22(30(36)42-4)24(12-18(16)26)32(38)44-6/h25-26H,7-12H2,1-6H3. The van der Waals surface area contributed by atoms with Gasteiger partial charge in [-0.15, -0.1) is 0 Å². The molecule has 2 bridgehead atoms. The number of methoxy groups -OCH3 is 6. The predicted octanol–water partition coefficient (Wildman–Crippen LogP) is 2.45. The summed E-state index contributed by atoms with van der Waals surface area (Å²) in [6, 6.07) is 0. The zero-order valence-corrected chi connectivity index (χ0v) is 25.3. The normalized spacial score (nSPS) is 22.2. The van der Waals surface area contributed by atoms with Crippen molar-refractivity contribution in [2.45, 2.75) is 38.5 Å². The Morgan fingerprint density at radius 2 is 0.477 bits per heavy atom. The fourth-order valence-corrected chi connectivity index (χ4v) is 7.36. The van der Waals surface area contributed by atoms with Crippen molar-refractivity contribution in [2.75, 3.05) is 42.7 Å². The fraction of sp³-hybridized carbons (Fsp3) is 0.438. The number of rotatable bonds is 6. The fourth-order valence-electron chi connectivity index (χ4n) is 7.36. The summed E-state index contributed by atoms with van der Waals surface area (Å²) in [6.07, 6.45) is 0.437. The van der Waals surface area contributed by atoms with Gasteiger partial charge in [-0.05, 0) is 0 Å². The lowest BCUT2D eigenvalue weighted by Crippen LogP contribution is -2.40. The van der Waals surface area contributed by atoms with Crippen LogP contribution in [0, 0.1) is 11.8 Å². The van der Waals surface area contributed by atoms with Gasteiger partial charge in [-0.1, -0.05) is 33.4 Å². The number of carbonyl (C=O) groups excluding carboxylic acids is 6. The largest absolute Gasteiger partial charge is 0.466 e. The lowest BCUT2D eigenvalue weighted by molar-refractivity contribution is -0.139. The van der Waals surface area contributed by atoms with Gasteiger partial charge in [-0.3, -0.25) is 0 Å². The molecule has 0 saturated heterocycles. The second-order valence-electron chi connectivity index (χ2n) is 10.9. The highest BCUT2D eigenvalue weighted by molar-refractivity contribution is 6.04. The molecule has 232 valence electrons. The molecule has 0 heterocycles. The minimum absolute atomic E-state index is 0.0728. The molecular formula is C32H32O12. The molecule has 0 aromatic heterocycles. The summed E-state index contributed by atoms with van der Waals surface area (Å²) in [5.41, 5.74) is 6.06. The van der Waals surface area contributed by atoms with Crippen LogP contribution in [0.4, 0.5) is 0 Å². The Bertz CT molecular complexity index is 1320. The average molecular weight is 609 g/mol. The first-order chi connectivity index (χ1) is 21.1. The molecule has 12 nitrogen and oxygen atoms in total. The maximum Gasteiger partial charge on any atom is 0.334 e. The van der Waals surface area contributed by atoms with Gasteiger partial charge in [-0.25, -0.2) is 28.8 Å². The van der Waals surface area contributed by atoms with Crippen LogP contribution in [0.5, 0.6) is 0 Å². The molecule has 0 amide bonds. The van der Waals surface area contributed by atoms with Crippen LogP contribution in [-0.2, 0) is 57.2 Å². The van der Waals surface area contributed by atoms with E-state index in [0.29, 0.717) is 0 Å². The molecule has 44 heavy (non-hydrogen) atoms. The van der Waals surface area contributed by atoms with Crippen LogP contribution in [0.25, 0.3) is 0 Å². The molecule has 6 aliphatic carbocycles. The van der Waals surface area contributed by atoms with E-state index in [4.69, 9.17) is 28.4 Å². The van der Waals surface area contributed by atoms with E-state index in [1.807, 2.05) is 0 Å². The molecule has 6 rings (SSSR count). The first kappa shape index (κ1) is 30.7. The van der Waals surface area contributed by atoms with Gasteiger partial charge in [0.15, 0.2) is 0 Å². The highest BCUT2D eigenvalue weighted by Crippen LogP contribution is 2.62. The Hall–Kier alpha value is -4.74. The Morgan fingerprint density at radius 1 is 0.341 bits per heavy atom. The third-order valence-electron chi connectivity index (χ3n) is 9.22. The summed E-state index contributed by atoms with van der Waals surface area (Å²) >= 11 is 0. The minimum Gasteiger partial charge on any atom is -0.466 e. The van der Waals surface area contributed by atoms with Crippen molar-refractivity contribution in [3.05, 3.63) is 66.9 Å². The minimum atomic E-state index is -0.666. The van der Waals surface area contributed by atoms with Crippen LogP contribution in [0.1, 0.15) is 38.5 Å². The van der Waals surface area contributed by atoms with E-state index in [9.17, 15) is 28.8 Å². The molecule has 0 aromatic carbocycles. The first-order valence-electron chi connectivity index (χ1n) is 13.9. The van der Waals surface area contributed by atoms with Crippen LogP contribution in [0.3, 0.4) is 0 Å². The van der Waals surface area contributed by atoms with Crippen molar-refractivity contribution in [3.8, 4) is 0 Å². The monoisotopic (exact) mass is 608 g/mol. The van der Waals surface area contributed by atoms with Gasteiger partial charge in [0, 0.05) is 50.4 Å². The highest BCUT2D eigenvalue weighted by Gasteiger charge is 2.52. The molecule has 0 aliphatic heterocycles. The number of hydrogen-bond acceptors (Lipinski definition) is 12.